The molecule has 0 unspecified atom stereocenters. The van der Waals surface area contributed by atoms with Crippen LogP contribution in [0.4, 0.5) is 5.69 Å². The second-order valence-electron chi connectivity index (χ2n) is 6.27. The Bertz CT molecular complexity index is 778. The van der Waals surface area contributed by atoms with Crippen LogP contribution in [0.25, 0.3) is 0 Å². The van der Waals surface area contributed by atoms with Gasteiger partial charge in [0.05, 0.1) is 27.2 Å². The number of benzene rings is 1. The number of nitrogens with zero attached hydrogens (tertiary/aromatic N) is 3. The van der Waals surface area contributed by atoms with Crippen molar-refractivity contribution in [2.75, 3.05) is 33.3 Å². The van der Waals surface area contributed by atoms with Crippen molar-refractivity contribution in [2.24, 2.45) is 16.9 Å². The van der Waals surface area contributed by atoms with Gasteiger partial charge in [0, 0.05) is 24.9 Å². The molecule has 4 atom stereocenters. The van der Waals surface area contributed by atoms with Crippen molar-refractivity contribution >= 4 is 29.7 Å². The Kier molecular flexibility index (Phi) is 5.02. The molecule has 1 saturated heterocycles. The van der Waals surface area contributed by atoms with Gasteiger partial charge in [-0.15, -0.1) is 0 Å². The quantitative estimate of drug-likeness (QED) is 0.698. The summed E-state index contributed by atoms with van der Waals surface area (Å²) in [6, 6.07) is 4.98. The van der Waals surface area contributed by atoms with E-state index in [2.05, 4.69) is 5.10 Å². The monoisotopic (exact) mass is 375 g/mol. The lowest BCUT2D eigenvalue weighted by atomic mass is 9.86. The topological polar surface area (TPSA) is 97.7 Å². The van der Waals surface area contributed by atoms with E-state index < -0.39 is 35.9 Å². The second-order valence-corrected chi connectivity index (χ2v) is 6.27. The molecular formula is C18H21N3O6. The molecular weight excluding hydrogens is 354 g/mol. The molecule has 0 aromatic heterocycles. The summed E-state index contributed by atoms with van der Waals surface area (Å²) in [5, 5.41) is 5.22. The summed E-state index contributed by atoms with van der Waals surface area (Å²) in [4.78, 5) is 39.6. The number of hydrazone groups is 1. The maximum Gasteiger partial charge on any atom is 0.329 e. The molecule has 1 aromatic carbocycles. The third-order valence-electron chi connectivity index (χ3n) is 4.99. The van der Waals surface area contributed by atoms with E-state index in [0.29, 0.717) is 11.4 Å². The minimum atomic E-state index is -0.987. The van der Waals surface area contributed by atoms with E-state index >= 15 is 0 Å². The molecule has 144 valence electrons. The molecule has 1 aromatic rings. The van der Waals surface area contributed by atoms with Crippen LogP contribution < -0.4 is 9.64 Å². The average Bonchev–Trinajstić information content (AvgIpc) is 3.05. The molecule has 0 saturated carbocycles. The van der Waals surface area contributed by atoms with Gasteiger partial charge in [-0.05, 0) is 24.3 Å². The highest BCUT2D eigenvalue weighted by atomic mass is 16.5. The number of hydrogen-bond donors (Lipinski definition) is 0. The summed E-state index contributed by atoms with van der Waals surface area (Å²) in [6.07, 6.45) is 1.52. The van der Waals surface area contributed by atoms with Crippen molar-refractivity contribution in [3.63, 3.8) is 0 Å². The summed E-state index contributed by atoms with van der Waals surface area (Å²) in [5.41, 5.74) is 0.569. The van der Waals surface area contributed by atoms with Crippen molar-refractivity contribution in [3.05, 3.63) is 24.3 Å². The van der Waals surface area contributed by atoms with Crippen LogP contribution in [-0.2, 0) is 23.9 Å². The van der Waals surface area contributed by atoms with E-state index in [9.17, 15) is 14.4 Å². The highest BCUT2D eigenvalue weighted by Gasteiger charge is 2.59. The number of ether oxygens (including phenoxy) is 3. The Hall–Kier alpha value is -3.10. The number of fused-ring (bicyclic) bond motifs is 1. The van der Waals surface area contributed by atoms with Gasteiger partial charge >= 0.3 is 11.9 Å². The lowest BCUT2D eigenvalue weighted by molar-refractivity contribution is -0.148. The molecule has 0 N–H and O–H groups in total. The molecule has 2 aliphatic heterocycles. The maximum absolute atomic E-state index is 12.8. The Labute approximate surface area is 156 Å². The number of methoxy groups -OCH3 is 3. The first-order valence-electron chi connectivity index (χ1n) is 8.34. The number of carbonyl (C=O) groups is 3. The zero-order valence-electron chi connectivity index (χ0n) is 15.5. The SMILES string of the molecule is COC(=O)[C@@H]1[C@@H]2C=NN(C)C(=O)[C@@H]2[C@@H](C(=O)OC)N1c1ccc(OC)cc1. The number of hydrogen-bond acceptors (Lipinski definition) is 8. The normalized spacial score (nSPS) is 26.6. The number of carbonyl (C=O) groups excluding carboxylic acids is 3. The molecule has 9 nitrogen and oxygen atoms in total. The minimum absolute atomic E-state index is 0.359. The van der Waals surface area contributed by atoms with Crippen molar-refractivity contribution in [1.29, 1.82) is 0 Å². The van der Waals surface area contributed by atoms with E-state index in [1.807, 2.05) is 0 Å². The first-order valence-corrected chi connectivity index (χ1v) is 8.34. The molecule has 2 aliphatic rings. The third kappa shape index (κ3) is 2.98. The van der Waals surface area contributed by atoms with Gasteiger partial charge in [-0.25, -0.2) is 14.6 Å². The second kappa shape index (κ2) is 7.26. The molecule has 0 aliphatic carbocycles. The fourth-order valence-corrected chi connectivity index (χ4v) is 3.71. The number of anilines is 1. The molecule has 1 fully saturated rings. The number of amides is 1. The average molecular weight is 375 g/mol. The van der Waals surface area contributed by atoms with Crippen LogP contribution in [0.5, 0.6) is 5.75 Å². The summed E-state index contributed by atoms with van der Waals surface area (Å²) >= 11 is 0. The van der Waals surface area contributed by atoms with Crippen LogP contribution >= 0.6 is 0 Å². The van der Waals surface area contributed by atoms with E-state index in [4.69, 9.17) is 14.2 Å². The van der Waals surface area contributed by atoms with E-state index in [-0.39, 0.29) is 5.91 Å². The molecule has 9 heteroatoms. The van der Waals surface area contributed by atoms with E-state index in [0.717, 1.165) is 0 Å². The van der Waals surface area contributed by atoms with Gasteiger partial charge in [0.15, 0.2) is 0 Å². The largest absolute Gasteiger partial charge is 0.497 e. The summed E-state index contributed by atoms with van der Waals surface area (Å²) in [6.45, 7) is 0. The number of rotatable bonds is 4. The van der Waals surface area contributed by atoms with Gasteiger partial charge in [0.25, 0.3) is 0 Å². The van der Waals surface area contributed by atoms with Crippen LogP contribution in [0.2, 0.25) is 0 Å². The summed E-state index contributed by atoms with van der Waals surface area (Å²) < 4.78 is 15.1. The van der Waals surface area contributed by atoms with Crippen LogP contribution in [0.1, 0.15) is 0 Å². The zero-order valence-corrected chi connectivity index (χ0v) is 15.5. The number of esters is 2. The smallest absolute Gasteiger partial charge is 0.329 e. The molecule has 0 radical (unpaired) electrons. The third-order valence-corrected chi connectivity index (χ3v) is 4.99. The Morgan fingerprint density at radius 1 is 1.00 bits per heavy atom. The Balaban J connectivity index is 2.15. The van der Waals surface area contributed by atoms with Crippen molar-refractivity contribution in [1.82, 2.24) is 5.01 Å². The van der Waals surface area contributed by atoms with Gasteiger partial charge in [0.1, 0.15) is 17.8 Å². The van der Waals surface area contributed by atoms with Crippen LogP contribution in [0.15, 0.2) is 29.4 Å². The Morgan fingerprint density at radius 2 is 1.59 bits per heavy atom. The first-order chi connectivity index (χ1) is 12.9. The van der Waals surface area contributed by atoms with Gasteiger partial charge in [-0.1, -0.05) is 0 Å². The molecule has 27 heavy (non-hydrogen) atoms. The van der Waals surface area contributed by atoms with Gasteiger partial charge < -0.3 is 19.1 Å². The zero-order chi connectivity index (χ0) is 19.7. The minimum Gasteiger partial charge on any atom is -0.497 e. The van der Waals surface area contributed by atoms with Crippen molar-refractivity contribution in [2.45, 2.75) is 12.1 Å². The Morgan fingerprint density at radius 3 is 2.15 bits per heavy atom. The van der Waals surface area contributed by atoms with Crippen LogP contribution in [0.3, 0.4) is 0 Å². The van der Waals surface area contributed by atoms with Crippen LogP contribution in [-0.4, -0.2) is 69.5 Å². The standard InChI is InChI=1S/C18H21N3O6/c1-20-16(22)13-12(9-19-20)14(17(23)26-3)21(15(13)18(24)27-4)10-5-7-11(25-2)8-6-10/h5-9,12-15H,1-4H3/t12-,13+,14+,15+/m1/s1. The van der Waals surface area contributed by atoms with E-state index in [1.54, 1.807) is 36.3 Å². The highest BCUT2D eigenvalue weighted by Crippen LogP contribution is 2.42. The summed E-state index contributed by atoms with van der Waals surface area (Å²) in [7, 11) is 5.56. The molecule has 3 rings (SSSR count). The lowest BCUT2D eigenvalue weighted by Gasteiger charge is -2.30. The van der Waals surface area contributed by atoms with Crippen LogP contribution in [0, 0.1) is 11.8 Å². The fourth-order valence-electron chi connectivity index (χ4n) is 3.71. The van der Waals surface area contributed by atoms with E-state index in [1.165, 1.54) is 32.5 Å². The predicted molar refractivity (Wildman–Crippen MR) is 95.3 cm³/mol. The van der Waals surface area contributed by atoms with Crippen molar-refractivity contribution < 1.29 is 28.6 Å². The molecule has 1 amide bonds. The first kappa shape index (κ1) is 18.7. The van der Waals surface area contributed by atoms with Gasteiger partial charge in [0.2, 0.25) is 5.91 Å². The predicted octanol–water partition coefficient (Wildman–Crippen LogP) is 0.289. The highest BCUT2D eigenvalue weighted by molar-refractivity contribution is 6.00. The molecule has 0 spiro atoms. The maximum atomic E-state index is 12.8. The lowest BCUT2D eigenvalue weighted by Crippen LogP contribution is -2.48. The molecule has 2 heterocycles. The van der Waals surface area contributed by atoms with Gasteiger partial charge in [-0.2, -0.15) is 5.10 Å². The summed E-state index contributed by atoms with van der Waals surface area (Å²) in [5.74, 6) is -2.33. The fraction of sp³-hybridized carbons (Fsp3) is 0.444. The van der Waals surface area contributed by atoms with Gasteiger partial charge in [-0.3, -0.25) is 4.79 Å². The van der Waals surface area contributed by atoms with Crippen molar-refractivity contribution in [3.8, 4) is 5.75 Å². The molecule has 0 bridgehead atoms.